The Bertz CT molecular complexity index is 1380. The molecule has 40 heavy (non-hydrogen) atoms. The molecule has 3 aromatic carbocycles. The molecule has 5 rings (SSSR count). The number of fused-ring (bicyclic) bond motifs is 2. The fraction of sp³-hybridized carbons (Fsp3) is 0.343. The van der Waals surface area contributed by atoms with Crippen LogP contribution in [-0.2, 0) is 32.7 Å². The molecule has 0 radical (unpaired) electrons. The van der Waals surface area contributed by atoms with Gasteiger partial charge in [0.25, 0.3) is 0 Å². The van der Waals surface area contributed by atoms with Gasteiger partial charge in [0, 0.05) is 11.5 Å². The first kappa shape index (κ1) is 39.7. The number of hydrogen-bond acceptors (Lipinski definition) is 2. The van der Waals surface area contributed by atoms with E-state index in [1.54, 1.807) is 0 Å². The third-order valence-electron chi connectivity index (χ3n) is 6.30. The van der Waals surface area contributed by atoms with Crippen LogP contribution in [0.15, 0.2) is 60.8 Å². The van der Waals surface area contributed by atoms with E-state index in [1.807, 2.05) is 61.1 Å². The first-order valence-electron chi connectivity index (χ1n) is 13.9. The van der Waals surface area contributed by atoms with Gasteiger partial charge in [0.15, 0.2) is 0 Å². The Kier molecular flexibility index (Phi) is 19.5. The van der Waals surface area contributed by atoms with Gasteiger partial charge in [-0.1, -0.05) is 98.7 Å². The Morgan fingerprint density at radius 3 is 2.05 bits per heavy atom. The number of benzene rings is 3. The van der Waals surface area contributed by atoms with Crippen molar-refractivity contribution in [3.05, 3.63) is 93.7 Å². The molecule has 2 heterocycles. The van der Waals surface area contributed by atoms with Gasteiger partial charge in [-0.2, -0.15) is 6.92 Å². The van der Waals surface area contributed by atoms with E-state index >= 15 is 0 Å². The third kappa shape index (κ3) is 9.04. The van der Waals surface area contributed by atoms with Crippen LogP contribution in [0.4, 0.5) is 0 Å². The molecule has 0 aliphatic heterocycles. The molecule has 2 N–H and O–H groups in total. The van der Waals surface area contributed by atoms with Gasteiger partial charge in [-0.15, -0.1) is 0 Å². The summed E-state index contributed by atoms with van der Waals surface area (Å²) in [5.41, 5.74) is 6.69. The van der Waals surface area contributed by atoms with Crippen molar-refractivity contribution < 1.29 is 32.7 Å². The molecule has 214 valence electrons. The number of nitrogens with zero attached hydrogens (tertiary/aromatic N) is 2. The monoisotopic (exact) mass is 616 g/mol. The van der Waals surface area contributed by atoms with Crippen LogP contribution in [-0.4, -0.2) is 19.9 Å². The minimum atomic E-state index is 0. The second-order valence-corrected chi connectivity index (χ2v) is 8.60. The number of H-pyrrole nitrogens is 2. The predicted molar refractivity (Wildman–Crippen MR) is 176 cm³/mol. The van der Waals surface area contributed by atoms with Crippen LogP contribution < -0.4 is 0 Å². The molecule has 4 nitrogen and oxygen atoms in total. The molecule has 0 bridgehead atoms. The molecule has 5 heteroatoms. The van der Waals surface area contributed by atoms with Crippen LogP contribution in [0.25, 0.3) is 44.2 Å². The van der Waals surface area contributed by atoms with Crippen LogP contribution in [0.3, 0.4) is 0 Å². The topological polar surface area (TPSA) is 57.4 Å². The zero-order valence-corrected chi connectivity index (χ0v) is 29.8. The maximum atomic E-state index is 4.63. The van der Waals surface area contributed by atoms with Crippen molar-refractivity contribution in [2.75, 3.05) is 0 Å². The second-order valence-electron chi connectivity index (χ2n) is 8.60. The first-order chi connectivity index (χ1) is 18.0. The van der Waals surface area contributed by atoms with Crippen molar-refractivity contribution in [3.63, 3.8) is 0 Å². The summed E-state index contributed by atoms with van der Waals surface area (Å²) >= 11 is 0. The SMILES string of the molecule is CC.CC.CC.C[CH-]c1nc2ccc(-c3cccc4cc(-c5cnc(C(C)C(C)C)[nH]5)ccc34)cc2[nH]1.[CH3-].[CH3-].[Y+3]. The van der Waals surface area contributed by atoms with Gasteiger partial charge in [-0.3, -0.25) is 4.98 Å². The molecule has 2 aromatic heterocycles. The molecule has 1 atom stereocenters. The molecule has 0 saturated carbocycles. The van der Waals surface area contributed by atoms with E-state index in [1.165, 1.54) is 21.9 Å². The summed E-state index contributed by atoms with van der Waals surface area (Å²) in [6.07, 6.45) is 3.94. The van der Waals surface area contributed by atoms with E-state index in [0.717, 1.165) is 33.9 Å². The van der Waals surface area contributed by atoms with E-state index in [-0.39, 0.29) is 47.6 Å². The Labute approximate surface area is 270 Å². The maximum Gasteiger partial charge on any atom is 3.00 e. The van der Waals surface area contributed by atoms with Crippen LogP contribution in [0.2, 0.25) is 0 Å². The maximum absolute atomic E-state index is 4.63. The second kappa shape index (κ2) is 19.6. The summed E-state index contributed by atoms with van der Waals surface area (Å²) in [7, 11) is 0. The van der Waals surface area contributed by atoms with Crippen molar-refractivity contribution >= 4 is 21.8 Å². The number of nitrogens with one attached hydrogen (secondary N) is 2. The zero-order chi connectivity index (χ0) is 27.5. The fourth-order valence-electron chi connectivity index (χ4n) is 4.07. The fourth-order valence-corrected chi connectivity index (χ4v) is 4.07. The van der Waals surface area contributed by atoms with Gasteiger partial charge in [-0.05, 0) is 51.8 Å². The molecule has 0 aliphatic carbocycles. The van der Waals surface area contributed by atoms with Gasteiger partial charge >= 0.3 is 32.7 Å². The minimum absolute atomic E-state index is 0. The van der Waals surface area contributed by atoms with Crippen molar-refractivity contribution in [2.24, 2.45) is 5.92 Å². The average molecular weight is 617 g/mol. The van der Waals surface area contributed by atoms with Crippen LogP contribution >= 0.6 is 0 Å². The van der Waals surface area contributed by atoms with Gasteiger partial charge in [0.05, 0.1) is 22.9 Å². The summed E-state index contributed by atoms with van der Waals surface area (Å²) in [6, 6.07) is 19.6. The largest absolute Gasteiger partial charge is 3.00 e. The number of aromatic nitrogens is 4. The molecule has 1 unspecified atom stereocenters. The van der Waals surface area contributed by atoms with E-state index in [0.29, 0.717) is 11.8 Å². The summed E-state index contributed by atoms with van der Waals surface area (Å²) in [5.74, 6) is 2.91. The molecule has 0 spiro atoms. The zero-order valence-electron chi connectivity index (χ0n) is 27.0. The Hall–Kier alpha value is -2.43. The Morgan fingerprint density at radius 1 is 0.775 bits per heavy atom. The van der Waals surface area contributed by atoms with E-state index in [2.05, 4.69) is 95.3 Å². The number of aromatic amines is 2. The van der Waals surface area contributed by atoms with Crippen molar-refractivity contribution in [1.29, 1.82) is 0 Å². The minimum Gasteiger partial charge on any atom is -0.368 e. The Morgan fingerprint density at radius 2 is 1.43 bits per heavy atom. The smallest absolute Gasteiger partial charge is 0.368 e. The third-order valence-corrected chi connectivity index (χ3v) is 6.30. The first-order valence-corrected chi connectivity index (χ1v) is 13.9. The van der Waals surface area contributed by atoms with Crippen molar-refractivity contribution in [2.45, 2.75) is 75.2 Å². The molecule has 0 amide bonds. The van der Waals surface area contributed by atoms with Crippen LogP contribution in [0.1, 0.15) is 86.8 Å². The van der Waals surface area contributed by atoms with Gasteiger partial charge in [0.1, 0.15) is 5.82 Å². The van der Waals surface area contributed by atoms with Crippen LogP contribution in [0.5, 0.6) is 0 Å². The molecular weight excluding hydrogens is 565 g/mol. The standard InChI is InChI=1S/C27H27N4.3C2H6.2CH3.Y/c1-5-26-29-23-12-10-19(14-24(23)30-26)21-8-6-7-18-13-20(9-11-22(18)21)25-15-28-27(31-25)17(4)16(2)3;3*1-2;;;/h5-17H,1-4H3,(H,28,31)(H,29,30);3*1-2H3;2*1H3;/q-1;;;;2*-1;+3. The van der Waals surface area contributed by atoms with E-state index in [4.69, 9.17) is 0 Å². The van der Waals surface area contributed by atoms with Crippen LogP contribution in [0, 0.1) is 27.2 Å². The normalized spacial score (nSPS) is 10.3. The summed E-state index contributed by atoms with van der Waals surface area (Å²) < 4.78 is 0. The van der Waals surface area contributed by atoms with Gasteiger partial charge < -0.3 is 31.2 Å². The predicted octanol–water partition coefficient (Wildman–Crippen LogP) is 11.1. The molecular formula is C35H51N4Y. The van der Waals surface area contributed by atoms with Crippen molar-refractivity contribution in [3.8, 4) is 22.4 Å². The number of hydrogen-bond donors (Lipinski definition) is 2. The summed E-state index contributed by atoms with van der Waals surface area (Å²) in [5, 5.41) is 2.46. The molecule has 0 saturated heterocycles. The van der Waals surface area contributed by atoms with Crippen molar-refractivity contribution in [1.82, 2.24) is 19.9 Å². The van der Waals surface area contributed by atoms with Gasteiger partial charge in [0.2, 0.25) is 0 Å². The van der Waals surface area contributed by atoms with E-state index < -0.39 is 0 Å². The van der Waals surface area contributed by atoms with E-state index in [9.17, 15) is 0 Å². The molecule has 0 fully saturated rings. The quantitative estimate of drug-likeness (QED) is 0.193. The molecule has 5 aromatic rings. The Balaban J connectivity index is 0. The summed E-state index contributed by atoms with van der Waals surface area (Å²) in [4.78, 5) is 16.1. The average Bonchev–Trinajstić information content (AvgIpc) is 3.62. The molecule has 0 aliphatic rings. The summed E-state index contributed by atoms with van der Waals surface area (Å²) in [6.45, 7) is 20.7. The number of rotatable bonds is 5. The number of imidazole rings is 2. The van der Waals surface area contributed by atoms with Gasteiger partial charge in [-0.25, -0.2) is 4.98 Å².